The van der Waals surface area contributed by atoms with Gasteiger partial charge in [0.1, 0.15) is 16.6 Å². The van der Waals surface area contributed by atoms with Crippen molar-refractivity contribution >= 4 is 22.6 Å². The first-order valence-electron chi connectivity index (χ1n) is 6.71. The number of aromatic amines is 1. The molecule has 0 saturated heterocycles. The molecular weight excluding hydrogens is 246 g/mol. The molecule has 0 radical (unpaired) electrons. The van der Waals surface area contributed by atoms with Crippen LogP contribution in [0.2, 0.25) is 5.15 Å². The van der Waals surface area contributed by atoms with Crippen LogP contribution in [0.15, 0.2) is 6.07 Å². The molecule has 3 rings (SSSR count). The minimum atomic E-state index is 0.391. The van der Waals surface area contributed by atoms with Crippen LogP contribution in [0.1, 0.15) is 62.9 Å². The third-order valence-electron chi connectivity index (χ3n) is 3.77. The SMILES string of the molecule is CC(C)c1nc(C2CCCC2)nc2[nH]c(Cl)cc12. The zero-order chi connectivity index (χ0) is 12.7. The zero-order valence-corrected chi connectivity index (χ0v) is 11.6. The Morgan fingerprint density at radius 3 is 2.67 bits per heavy atom. The van der Waals surface area contributed by atoms with Gasteiger partial charge in [-0.1, -0.05) is 38.3 Å². The Labute approximate surface area is 112 Å². The maximum absolute atomic E-state index is 6.05. The largest absolute Gasteiger partial charge is 0.330 e. The Morgan fingerprint density at radius 1 is 1.28 bits per heavy atom. The first-order chi connectivity index (χ1) is 8.65. The fourth-order valence-corrected chi connectivity index (χ4v) is 3.02. The third kappa shape index (κ3) is 2.01. The molecule has 0 aliphatic heterocycles. The number of aromatic nitrogens is 3. The van der Waals surface area contributed by atoms with Crippen molar-refractivity contribution in [3.05, 3.63) is 22.7 Å². The third-order valence-corrected chi connectivity index (χ3v) is 3.97. The average Bonchev–Trinajstić information content (AvgIpc) is 2.93. The molecule has 18 heavy (non-hydrogen) atoms. The van der Waals surface area contributed by atoms with Crippen LogP contribution in [-0.2, 0) is 0 Å². The number of nitrogens with zero attached hydrogens (tertiary/aromatic N) is 2. The normalized spacial score (nSPS) is 17.1. The summed E-state index contributed by atoms with van der Waals surface area (Å²) in [6.45, 7) is 4.34. The molecule has 2 heterocycles. The molecular formula is C14H18ClN3. The van der Waals surface area contributed by atoms with E-state index in [1.165, 1.54) is 25.7 Å². The average molecular weight is 264 g/mol. The van der Waals surface area contributed by atoms with E-state index in [1.807, 2.05) is 6.07 Å². The molecule has 4 heteroatoms. The van der Waals surface area contributed by atoms with Crippen LogP contribution in [0.3, 0.4) is 0 Å². The summed E-state index contributed by atoms with van der Waals surface area (Å²) in [5.74, 6) is 1.93. The van der Waals surface area contributed by atoms with Crippen molar-refractivity contribution in [3.8, 4) is 0 Å². The van der Waals surface area contributed by atoms with Crippen molar-refractivity contribution in [2.75, 3.05) is 0 Å². The van der Waals surface area contributed by atoms with E-state index in [0.717, 1.165) is 22.6 Å². The summed E-state index contributed by atoms with van der Waals surface area (Å²) in [5, 5.41) is 1.71. The van der Waals surface area contributed by atoms with E-state index in [-0.39, 0.29) is 0 Å². The molecule has 1 aliphatic rings. The second-order valence-electron chi connectivity index (χ2n) is 5.48. The Kier molecular flexibility index (Phi) is 3.02. The number of H-pyrrole nitrogens is 1. The van der Waals surface area contributed by atoms with Crippen molar-refractivity contribution in [3.63, 3.8) is 0 Å². The van der Waals surface area contributed by atoms with E-state index in [9.17, 15) is 0 Å². The molecule has 2 aromatic heterocycles. The van der Waals surface area contributed by atoms with Gasteiger partial charge in [-0.05, 0) is 24.8 Å². The van der Waals surface area contributed by atoms with Gasteiger partial charge < -0.3 is 4.98 Å². The Balaban J connectivity index is 2.15. The van der Waals surface area contributed by atoms with Crippen LogP contribution >= 0.6 is 11.6 Å². The summed E-state index contributed by atoms with van der Waals surface area (Å²) in [7, 11) is 0. The molecule has 0 aromatic carbocycles. The van der Waals surface area contributed by atoms with E-state index in [4.69, 9.17) is 16.6 Å². The maximum atomic E-state index is 6.05. The van der Waals surface area contributed by atoms with E-state index < -0.39 is 0 Å². The lowest BCUT2D eigenvalue weighted by molar-refractivity contribution is 0.659. The fourth-order valence-electron chi connectivity index (χ4n) is 2.82. The highest BCUT2D eigenvalue weighted by Gasteiger charge is 2.22. The molecule has 3 nitrogen and oxygen atoms in total. The monoisotopic (exact) mass is 263 g/mol. The minimum absolute atomic E-state index is 0.391. The molecule has 0 spiro atoms. The number of rotatable bonds is 2. The highest BCUT2D eigenvalue weighted by atomic mass is 35.5. The van der Waals surface area contributed by atoms with Gasteiger partial charge in [-0.25, -0.2) is 9.97 Å². The van der Waals surface area contributed by atoms with Gasteiger partial charge in [-0.15, -0.1) is 0 Å². The van der Waals surface area contributed by atoms with Crippen LogP contribution in [0.25, 0.3) is 11.0 Å². The maximum Gasteiger partial charge on any atom is 0.142 e. The Morgan fingerprint density at radius 2 is 2.00 bits per heavy atom. The summed E-state index contributed by atoms with van der Waals surface area (Å²) >= 11 is 6.05. The van der Waals surface area contributed by atoms with Gasteiger partial charge in [0.05, 0.1) is 5.69 Å². The second kappa shape index (κ2) is 4.54. The summed E-state index contributed by atoms with van der Waals surface area (Å²) in [6, 6.07) is 1.94. The lowest BCUT2D eigenvalue weighted by Gasteiger charge is -2.12. The Hall–Kier alpha value is -1.09. The first kappa shape index (κ1) is 12.0. The van der Waals surface area contributed by atoms with Crippen molar-refractivity contribution < 1.29 is 0 Å². The smallest absolute Gasteiger partial charge is 0.142 e. The number of hydrogen-bond acceptors (Lipinski definition) is 2. The first-order valence-corrected chi connectivity index (χ1v) is 7.09. The number of fused-ring (bicyclic) bond motifs is 1. The number of hydrogen-bond donors (Lipinski definition) is 1. The summed E-state index contributed by atoms with van der Waals surface area (Å²) < 4.78 is 0. The van der Waals surface area contributed by atoms with Gasteiger partial charge in [-0.2, -0.15) is 0 Å². The number of halogens is 1. The summed E-state index contributed by atoms with van der Waals surface area (Å²) in [6.07, 6.45) is 5.04. The minimum Gasteiger partial charge on any atom is -0.330 e. The van der Waals surface area contributed by atoms with E-state index in [1.54, 1.807) is 0 Å². The van der Waals surface area contributed by atoms with Crippen molar-refractivity contribution in [2.24, 2.45) is 0 Å². The van der Waals surface area contributed by atoms with Crippen LogP contribution in [-0.4, -0.2) is 15.0 Å². The molecule has 1 fully saturated rings. The molecule has 0 atom stereocenters. The van der Waals surface area contributed by atoms with Crippen LogP contribution < -0.4 is 0 Å². The molecule has 1 saturated carbocycles. The van der Waals surface area contributed by atoms with E-state index in [0.29, 0.717) is 17.0 Å². The predicted octanol–water partition coefficient (Wildman–Crippen LogP) is 4.39. The molecule has 0 amide bonds. The summed E-state index contributed by atoms with van der Waals surface area (Å²) in [5.41, 5.74) is 2.01. The lowest BCUT2D eigenvalue weighted by Crippen LogP contribution is -2.05. The van der Waals surface area contributed by atoms with Gasteiger partial charge in [0.15, 0.2) is 0 Å². The van der Waals surface area contributed by atoms with Gasteiger partial charge in [-0.3, -0.25) is 0 Å². The van der Waals surface area contributed by atoms with Crippen LogP contribution in [0, 0.1) is 0 Å². The van der Waals surface area contributed by atoms with Crippen molar-refractivity contribution in [1.82, 2.24) is 15.0 Å². The standard InChI is InChI=1S/C14H18ClN3/c1-8(2)12-10-7-11(15)16-14(10)18-13(17-12)9-5-3-4-6-9/h7-9H,3-6H2,1-2H3,(H,16,17,18). The quantitative estimate of drug-likeness (QED) is 0.873. The van der Waals surface area contributed by atoms with Crippen molar-refractivity contribution in [2.45, 2.75) is 51.4 Å². The van der Waals surface area contributed by atoms with E-state index >= 15 is 0 Å². The van der Waals surface area contributed by atoms with Gasteiger partial charge in [0.25, 0.3) is 0 Å². The Bertz CT molecular complexity index is 568. The van der Waals surface area contributed by atoms with Gasteiger partial charge >= 0.3 is 0 Å². The number of nitrogens with one attached hydrogen (secondary N) is 1. The fraction of sp³-hybridized carbons (Fsp3) is 0.571. The highest BCUT2D eigenvalue weighted by molar-refractivity contribution is 6.30. The van der Waals surface area contributed by atoms with Crippen LogP contribution in [0.4, 0.5) is 0 Å². The molecule has 96 valence electrons. The molecule has 0 bridgehead atoms. The predicted molar refractivity (Wildman–Crippen MR) is 74.2 cm³/mol. The zero-order valence-electron chi connectivity index (χ0n) is 10.8. The molecule has 1 aliphatic carbocycles. The van der Waals surface area contributed by atoms with E-state index in [2.05, 4.69) is 23.8 Å². The summed E-state index contributed by atoms with van der Waals surface area (Å²) in [4.78, 5) is 12.6. The molecule has 0 unspecified atom stereocenters. The van der Waals surface area contributed by atoms with Crippen molar-refractivity contribution in [1.29, 1.82) is 0 Å². The second-order valence-corrected chi connectivity index (χ2v) is 5.89. The molecule has 1 N–H and O–H groups in total. The van der Waals surface area contributed by atoms with Gasteiger partial charge in [0.2, 0.25) is 0 Å². The lowest BCUT2D eigenvalue weighted by atomic mass is 10.0. The topological polar surface area (TPSA) is 41.6 Å². The molecule has 2 aromatic rings. The van der Waals surface area contributed by atoms with Crippen LogP contribution in [0.5, 0.6) is 0 Å². The van der Waals surface area contributed by atoms with Gasteiger partial charge in [0, 0.05) is 11.3 Å². The highest BCUT2D eigenvalue weighted by Crippen LogP contribution is 2.34.